The lowest BCUT2D eigenvalue weighted by Crippen LogP contribution is -2.43. The van der Waals surface area contributed by atoms with Gasteiger partial charge in [-0.1, -0.05) is 12.1 Å². The topological polar surface area (TPSA) is 122 Å². The first-order chi connectivity index (χ1) is 14.7. The normalized spacial score (nSPS) is 15.4. The zero-order valence-corrected chi connectivity index (χ0v) is 18.1. The monoisotopic (exact) mass is 471 g/mol. The average molecular weight is 472 g/mol. The molecule has 0 aromatic heterocycles. The first-order valence-electron chi connectivity index (χ1n) is 9.40. The molecule has 12 heteroatoms. The predicted octanol–water partition coefficient (Wildman–Crippen LogP) is 1.02. The third-order valence-electron chi connectivity index (χ3n) is 4.55. The molecule has 1 amide bonds. The van der Waals surface area contributed by atoms with Gasteiger partial charge >= 0.3 is 0 Å². The van der Waals surface area contributed by atoms with Crippen LogP contribution in [0, 0.1) is 5.82 Å². The minimum Gasteiger partial charge on any atom is -0.379 e. The summed E-state index contributed by atoms with van der Waals surface area (Å²) in [7, 11) is -7.54. The Hall–Kier alpha value is -2.54. The van der Waals surface area contributed by atoms with Gasteiger partial charge < -0.3 is 10.1 Å². The number of hydrogen-bond donors (Lipinski definition) is 2. The molecule has 0 bridgehead atoms. The van der Waals surface area contributed by atoms with Gasteiger partial charge in [0.1, 0.15) is 5.82 Å². The van der Waals surface area contributed by atoms with Crippen LogP contribution in [0.1, 0.15) is 10.4 Å². The molecule has 0 spiro atoms. The van der Waals surface area contributed by atoms with Gasteiger partial charge in [0.25, 0.3) is 15.9 Å². The molecule has 0 saturated carbocycles. The summed E-state index contributed by atoms with van der Waals surface area (Å²) in [6, 6.07) is 10.4. The standard InChI is InChI=1S/C19H22FN3O6S2/c20-17-3-1-2-4-18(17)22-31(27,28)16-7-5-15(6-8-16)19(24)21-9-14-30(25,26)23-10-12-29-13-11-23/h1-8,22H,9-14H2,(H,21,24). The highest BCUT2D eigenvalue weighted by Gasteiger charge is 2.24. The number of halogens is 1. The second-order valence-electron chi connectivity index (χ2n) is 6.69. The lowest BCUT2D eigenvalue weighted by atomic mass is 10.2. The van der Waals surface area contributed by atoms with Crippen LogP contribution in [0.5, 0.6) is 0 Å². The van der Waals surface area contributed by atoms with Crippen LogP contribution in [0.15, 0.2) is 53.4 Å². The molecule has 0 aliphatic carbocycles. The van der Waals surface area contributed by atoms with E-state index >= 15 is 0 Å². The van der Waals surface area contributed by atoms with E-state index in [0.29, 0.717) is 13.2 Å². The molecule has 2 aromatic rings. The largest absolute Gasteiger partial charge is 0.379 e. The lowest BCUT2D eigenvalue weighted by molar-refractivity contribution is 0.0730. The van der Waals surface area contributed by atoms with Crippen LogP contribution in [0.4, 0.5) is 10.1 Å². The molecule has 1 saturated heterocycles. The van der Waals surface area contributed by atoms with E-state index in [2.05, 4.69) is 10.0 Å². The molecule has 1 aliphatic heterocycles. The van der Waals surface area contributed by atoms with Crippen LogP contribution in [0.3, 0.4) is 0 Å². The van der Waals surface area contributed by atoms with E-state index in [9.17, 15) is 26.0 Å². The molecule has 1 aliphatic rings. The van der Waals surface area contributed by atoms with E-state index in [4.69, 9.17) is 4.74 Å². The van der Waals surface area contributed by atoms with Gasteiger partial charge in [-0.15, -0.1) is 0 Å². The van der Waals surface area contributed by atoms with Crippen molar-refractivity contribution >= 4 is 31.6 Å². The summed E-state index contributed by atoms with van der Waals surface area (Å²) in [5.41, 5.74) is -0.0283. The second-order valence-corrected chi connectivity index (χ2v) is 10.5. The Morgan fingerprint density at radius 3 is 2.29 bits per heavy atom. The number of amides is 1. The fraction of sp³-hybridized carbons (Fsp3) is 0.316. The lowest BCUT2D eigenvalue weighted by Gasteiger charge is -2.26. The first-order valence-corrected chi connectivity index (χ1v) is 12.5. The summed E-state index contributed by atoms with van der Waals surface area (Å²) in [4.78, 5) is 12.1. The maximum absolute atomic E-state index is 13.7. The zero-order valence-electron chi connectivity index (χ0n) is 16.5. The number of sulfonamides is 2. The Balaban J connectivity index is 1.58. The zero-order chi connectivity index (χ0) is 22.5. The van der Waals surface area contributed by atoms with E-state index in [1.165, 1.54) is 46.8 Å². The van der Waals surface area contributed by atoms with Crippen LogP contribution in [0.25, 0.3) is 0 Å². The van der Waals surface area contributed by atoms with Crippen LogP contribution in [-0.4, -0.2) is 65.6 Å². The van der Waals surface area contributed by atoms with Crippen molar-refractivity contribution in [3.63, 3.8) is 0 Å². The van der Waals surface area contributed by atoms with Crippen molar-refractivity contribution in [1.29, 1.82) is 0 Å². The quantitative estimate of drug-likeness (QED) is 0.593. The Bertz CT molecular complexity index is 1130. The van der Waals surface area contributed by atoms with Crippen LogP contribution in [0.2, 0.25) is 0 Å². The number of morpholine rings is 1. The van der Waals surface area contributed by atoms with Crippen LogP contribution in [-0.2, 0) is 24.8 Å². The van der Waals surface area contributed by atoms with E-state index in [1.807, 2.05) is 0 Å². The number of nitrogens with one attached hydrogen (secondary N) is 2. The van der Waals surface area contributed by atoms with Crippen LogP contribution < -0.4 is 10.0 Å². The highest BCUT2D eigenvalue weighted by molar-refractivity contribution is 7.92. The average Bonchev–Trinajstić information content (AvgIpc) is 2.76. The second kappa shape index (κ2) is 9.73. The van der Waals surface area contributed by atoms with Crippen molar-refractivity contribution < 1.29 is 30.8 Å². The number of anilines is 1. The van der Waals surface area contributed by atoms with Crippen molar-refractivity contribution in [2.75, 3.05) is 43.3 Å². The molecule has 0 atom stereocenters. The van der Waals surface area contributed by atoms with E-state index in [0.717, 1.165) is 6.07 Å². The van der Waals surface area contributed by atoms with Crippen molar-refractivity contribution in [1.82, 2.24) is 9.62 Å². The van der Waals surface area contributed by atoms with E-state index in [-0.39, 0.29) is 41.5 Å². The number of rotatable bonds is 8. The first kappa shape index (κ1) is 23.1. The Morgan fingerprint density at radius 1 is 1.00 bits per heavy atom. The molecule has 31 heavy (non-hydrogen) atoms. The Labute approximate surface area is 180 Å². The fourth-order valence-electron chi connectivity index (χ4n) is 2.88. The smallest absolute Gasteiger partial charge is 0.261 e. The highest BCUT2D eigenvalue weighted by Crippen LogP contribution is 2.19. The van der Waals surface area contributed by atoms with Crippen molar-refractivity contribution in [3.05, 3.63) is 59.9 Å². The maximum Gasteiger partial charge on any atom is 0.261 e. The summed E-state index contributed by atoms with van der Waals surface area (Å²) in [6.45, 7) is 1.16. The molecule has 168 valence electrons. The van der Waals surface area contributed by atoms with Gasteiger partial charge in [0.05, 0.1) is 29.5 Å². The van der Waals surface area contributed by atoms with Gasteiger partial charge in [-0.05, 0) is 36.4 Å². The van der Waals surface area contributed by atoms with Gasteiger partial charge in [0.15, 0.2) is 0 Å². The van der Waals surface area contributed by atoms with E-state index in [1.54, 1.807) is 0 Å². The van der Waals surface area contributed by atoms with Gasteiger partial charge in [-0.3, -0.25) is 9.52 Å². The molecular weight excluding hydrogens is 449 g/mol. The SMILES string of the molecule is O=C(NCCS(=O)(=O)N1CCOCC1)c1ccc(S(=O)(=O)Nc2ccccc2F)cc1. The number of para-hydroxylation sites is 1. The molecule has 3 rings (SSSR count). The van der Waals surface area contributed by atoms with Gasteiger partial charge in [-0.25, -0.2) is 21.2 Å². The molecular formula is C19H22FN3O6S2. The van der Waals surface area contributed by atoms with E-state index < -0.39 is 31.8 Å². The third-order valence-corrected chi connectivity index (χ3v) is 7.81. The predicted molar refractivity (Wildman–Crippen MR) is 112 cm³/mol. The number of benzene rings is 2. The minimum atomic E-state index is -4.04. The molecule has 9 nitrogen and oxygen atoms in total. The van der Waals surface area contributed by atoms with Crippen LogP contribution >= 0.6 is 0 Å². The molecule has 0 radical (unpaired) electrons. The fourth-order valence-corrected chi connectivity index (χ4v) is 5.27. The highest BCUT2D eigenvalue weighted by atomic mass is 32.2. The van der Waals surface area contributed by atoms with Gasteiger partial charge in [0.2, 0.25) is 10.0 Å². The molecule has 2 N–H and O–H groups in total. The van der Waals surface area contributed by atoms with Crippen molar-refractivity contribution in [3.8, 4) is 0 Å². The number of nitrogens with zero attached hydrogens (tertiary/aromatic N) is 1. The summed E-state index contributed by atoms with van der Waals surface area (Å²) in [5, 5.41) is 2.51. The summed E-state index contributed by atoms with van der Waals surface area (Å²) in [6.07, 6.45) is 0. The Kier molecular flexibility index (Phi) is 7.26. The van der Waals surface area contributed by atoms with Crippen molar-refractivity contribution in [2.45, 2.75) is 4.90 Å². The number of hydrogen-bond acceptors (Lipinski definition) is 6. The number of carbonyl (C=O) groups excluding carboxylic acids is 1. The molecule has 0 unspecified atom stereocenters. The molecule has 1 fully saturated rings. The summed E-state index contributed by atoms with van der Waals surface area (Å²) >= 11 is 0. The maximum atomic E-state index is 13.7. The molecule has 1 heterocycles. The number of carbonyl (C=O) groups is 1. The molecule has 2 aromatic carbocycles. The van der Waals surface area contributed by atoms with Crippen molar-refractivity contribution in [2.24, 2.45) is 0 Å². The summed E-state index contributed by atoms with van der Waals surface area (Å²) in [5.74, 6) is -1.50. The third kappa shape index (κ3) is 6.00. The van der Waals surface area contributed by atoms with Gasteiger partial charge in [0, 0.05) is 25.2 Å². The van der Waals surface area contributed by atoms with Gasteiger partial charge in [-0.2, -0.15) is 4.31 Å². The summed E-state index contributed by atoms with van der Waals surface area (Å²) < 4.78 is 71.6. The number of ether oxygens (including phenoxy) is 1. The Morgan fingerprint density at radius 2 is 1.65 bits per heavy atom. The minimum absolute atomic E-state index is 0.0899.